The highest BCUT2D eigenvalue weighted by Gasteiger charge is 2.45. The molecule has 6 nitrogen and oxygen atoms in total. The lowest BCUT2D eigenvalue weighted by molar-refractivity contribution is 0.00576. The van der Waals surface area contributed by atoms with E-state index in [-0.39, 0.29) is 35.9 Å². The third-order valence-electron chi connectivity index (χ3n) is 5.91. The number of carbonyl (C=O) groups is 1. The Hall–Kier alpha value is -2.09. The van der Waals surface area contributed by atoms with Crippen LogP contribution in [-0.4, -0.2) is 44.3 Å². The van der Waals surface area contributed by atoms with Gasteiger partial charge in [0.05, 0.1) is 19.1 Å². The monoisotopic (exact) mass is 449 g/mol. The highest BCUT2D eigenvalue weighted by atomic mass is 35.5. The predicted molar refractivity (Wildman–Crippen MR) is 114 cm³/mol. The molecule has 0 bridgehead atoms. The first-order valence-corrected chi connectivity index (χ1v) is 11.6. The Balaban J connectivity index is 1.58. The second-order valence-electron chi connectivity index (χ2n) is 8.04. The summed E-state index contributed by atoms with van der Waals surface area (Å²) in [5.41, 5.74) is 1.92. The highest BCUT2D eigenvalue weighted by molar-refractivity contribution is 7.89. The number of rotatable bonds is 3. The summed E-state index contributed by atoms with van der Waals surface area (Å²) in [4.78, 5) is 12.9. The van der Waals surface area contributed by atoms with Gasteiger partial charge in [0.2, 0.25) is 10.0 Å². The van der Waals surface area contributed by atoms with Gasteiger partial charge in [0, 0.05) is 31.0 Å². The second-order valence-corrected chi connectivity index (χ2v) is 10.4. The standard InChI is InChI=1S/C22H24ClNO5S/c1-14-10-15(2)21-17(25)13-22(29-19(21)11-14)6-8-24(9-7-22)30(26,27)20-12-16(23)4-5-18(20)28-3/h4-5,10-12H,6-9,13H2,1-3H3. The number of ether oxygens (including phenoxy) is 2. The average molecular weight is 450 g/mol. The zero-order valence-electron chi connectivity index (χ0n) is 17.2. The Kier molecular flexibility index (Phi) is 5.33. The Bertz CT molecular complexity index is 1120. The van der Waals surface area contributed by atoms with Gasteiger partial charge in [0.1, 0.15) is 22.0 Å². The molecule has 1 saturated heterocycles. The van der Waals surface area contributed by atoms with Gasteiger partial charge in [-0.25, -0.2) is 8.42 Å². The zero-order chi connectivity index (χ0) is 21.7. The first-order valence-electron chi connectivity index (χ1n) is 9.82. The molecule has 0 aromatic heterocycles. The quantitative estimate of drug-likeness (QED) is 0.703. The summed E-state index contributed by atoms with van der Waals surface area (Å²) >= 11 is 6.03. The molecule has 0 N–H and O–H groups in total. The van der Waals surface area contributed by atoms with E-state index >= 15 is 0 Å². The molecule has 4 rings (SSSR count). The summed E-state index contributed by atoms with van der Waals surface area (Å²) in [5.74, 6) is 0.918. The van der Waals surface area contributed by atoms with Crippen molar-refractivity contribution in [2.24, 2.45) is 0 Å². The molecule has 1 spiro atoms. The normalized spacial score (nSPS) is 18.7. The molecule has 2 aromatic rings. The van der Waals surface area contributed by atoms with Crippen molar-refractivity contribution in [3.63, 3.8) is 0 Å². The van der Waals surface area contributed by atoms with Crippen LogP contribution in [0.25, 0.3) is 0 Å². The van der Waals surface area contributed by atoms with Crippen molar-refractivity contribution in [1.82, 2.24) is 4.31 Å². The molecule has 8 heteroatoms. The fraction of sp³-hybridized carbons (Fsp3) is 0.409. The lowest BCUT2D eigenvalue weighted by atomic mass is 9.82. The Morgan fingerprint density at radius 3 is 2.50 bits per heavy atom. The largest absolute Gasteiger partial charge is 0.495 e. The molecule has 0 radical (unpaired) electrons. The van der Waals surface area contributed by atoms with Crippen molar-refractivity contribution in [3.8, 4) is 11.5 Å². The van der Waals surface area contributed by atoms with Crippen molar-refractivity contribution in [2.45, 2.75) is 43.6 Å². The van der Waals surface area contributed by atoms with Crippen LogP contribution in [0.4, 0.5) is 0 Å². The van der Waals surface area contributed by atoms with E-state index in [9.17, 15) is 13.2 Å². The predicted octanol–water partition coefficient (Wildman–Crippen LogP) is 4.15. The van der Waals surface area contributed by atoms with Crippen molar-refractivity contribution in [1.29, 1.82) is 0 Å². The number of carbonyl (C=O) groups excluding carboxylic acids is 1. The summed E-state index contributed by atoms with van der Waals surface area (Å²) in [5, 5.41) is 0.325. The maximum atomic E-state index is 13.2. The molecule has 2 aliphatic heterocycles. The number of halogens is 1. The van der Waals surface area contributed by atoms with Crippen LogP contribution >= 0.6 is 11.6 Å². The fourth-order valence-electron chi connectivity index (χ4n) is 4.42. The summed E-state index contributed by atoms with van der Waals surface area (Å²) < 4.78 is 39.4. The van der Waals surface area contributed by atoms with Gasteiger partial charge in [-0.1, -0.05) is 17.7 Å². The number of aryl methyl sites for hydroxylation is 2. The van der Waals surface area contributed by atoms with E-state index in [4.69, 9.17) is 21.1 Å². The van der Waals surface area contributed by atoms with Crippen molar-refractivity contribution < 1.29 is 22.7 Å². The van der Waals surface area contributed by atoms with E-state index in [2.05, 4.69) is 0 Å². The molecule has 160 valence electrons. The maximum Gasteiger partial charge on any atom is 0.246 e. The minimum Gasteiger partial charge on any atom is -0.495 e. The van der Waals surface area contributed by atoms with E-state index in [0.717, 1.165) is 11.1 Å². The lowest BCUT2D eigenvalue weighted by Gasteiger charge is -2.43. The topological polar surface area (TPSA) is 72.9 Å². The van der Waals surface area contributed by atoms with Crippen LogP contribution in [0.1, 0.15) is 40.7 Å². The number of fused-ring (bicyclic) bond motifs is 1. The van der Waals surface area contributed by atoms with Gasteiger partial charge < -0.3 is 9.47 Å². The maximum absolute atomic E-state index is 13.2. The van der Waals surface area contributed by atoms with Crippen LogP contribution in [0.3, 0.4) is 0 Å². The molecule has 1 fully saturated rings. The number of piperidine rings is 1. The summed E-state index contributed by atoms with van der Waals surface area (Å²) in [6.45, 7) is 4.39. The molecule has 2 heterocycles. The molecular formula is C22H24ClNO5S. The van der Waals surface area contributed by atoms with Gasteiger partial charge >= 0.3 is 0 Å². The first kappa shape index (κ1) is 21.2. The molecule has 2 aromatic carbocycles. The Labute approximate surface area is 181 Å². The number of hydrogen-bond acceptors (Lipinski definition) is 5. The van der Waals surface area contributed by atoms with Gasteiger partial charge in [-0.3, -0.25) is 4.79 Å². The van der Waals surface area contributed by atoms with Gasteiger partial charge in [0.15, 0.2) is 5.78 Å². The fourth-order valence-corrected chi connectivity index (χ4v) is 6.28. The third kappa shape index (κ3) is 3.59. The second kappa shape index (κ2) is 7.55. The van der Waals surface area contributed by atoms with E-state index in [0.29, 0.717) is 29.2 Å². The van der Waals surface area contributed by atoms with Crippen LogP contribution in [0.15, 0.2) is 35.2 Å². The smallest absolute Gasteiger partial charge is 0.246 e. The molecular weight excluding hydrogens is 426 g/mol. The minimum absolute atomic E-state index is 0.0469. The van der Waals surface area contributed by atoms with Crippen LogP contribution in [0.5, 0.6) is 11.5 Å². The SMILES string of the molecule is COc1ccc(Cl)cc1S(=O)(=O)N1CCC2(CC1)CC(=O)c1c(C)cc(C)cc1O2. The Morgan fingerprint density at radius 1 is 1.13 bits per heavy atom. The van der Waals surface area contributed by atoms with E-state index in [1.165, 1.54) is 17.5 Å². The average Bonchev–Trinajstić information content (AvgIpc) is 2.67. The number of nitrogens with zero attached hydrogens (tertiary/aromatic N) is 1. The van der Waals surface area contributed by atoms with Crippen molar-refractivity contribution >= 4 is 27.4 Å². The number of Topliss-reactive ketones (excluding diaryl/α,β-unsaturated/α-hetero) is 1. The lowest BCUT2D eigenvalue weighted by Crippen LogP contribution is -2.52. The third-order valence-corrected chi connectivity index (χ3v) is 8.06. The van der Waals surface area contributed by atoms with E-state index < -0.39 is 15.6 Å². The molecule has 0 aliphatic carbocycles. The van der Waals surface area contributed by atoms with Crippen LogP contribution in [0.2, 0.25) is 5.02 Å². The zero-order valence-corrected chi connectivity index (χ0v) is 18.8. The summed E-state index contributed by atoms with van der Waals surface area (Å²) in [6.07, 6.45) is 1.14. The molecule has 0 atom stereocenters. The highest BCUT2D eigenvalue weighted by Crippen LogP contribution is 2.42. The number of ketones is 1. The molecule has 0 unspecified atom stereocenters. The van der Waals surface area contributed by atoms with Gasteiger partial charge in [-0.05, 0) is 49.2 Å². The van der Waals surface area contributed by atoms with Crippen LogP contribution in [0, 0.1) is 13.8 Å². The Morgan fingerprint density at radius 2 is 1.83 bits per heavy atom. The van der Waals surface area contributed by atoms with E-state index in [1.807, 2.05) is 26.0 Å². The first-order chi connectivity index (χ1) is 14.1. The number of sulfonamides is 1. The van der Waals surface area contributed by atoms with Crippen molar-refractivity contribution in [3.05, 3.63) is 52.0 Å². The number of hydrogen-bond donors (Lipinski definition) is 0. The van der Waals surface area contributed by atoms with Gasteiger partial charge in [-0.15, -0.1) is 0 Å². The molecule has 2 aliphatic rings. The van der Waals surface area contributed by atoms with E-state index in [1.54, 1.807) is 12.1 Å². The van der Waals surface area contributed by atoms with Crippen molar-refractivity contribution in [2.75, 3.05) is 20.2 Å². The van der Waals surface area contributed by atoms with Crippen LogP contribution in [-0.2, 0) is 10.0 Å². The molecule has 0 saturated carbocycles. The molecule has 30 heavy (non-hydrogen) atoms. The summed E-state index contributed by atoms with van der Waals surface area (Å²) in [6, 6.07) is 8.41. The van der Waals surface area contributed by atoms with Gasteiger partial charge in [-0.2, -0.15) is 4.31 Å². The van der Waals surface area contributed by atoms with Crippen LogP contribution < -0.4 is 9.47 Å². The minimum atomic E-state index is -3.79. The number of methoxy groups -OCH3 is 1. The number of benzene rings is 2. The summed E-state index contributed by atoms with van der Waals surface area (Å²) in [7, 11) is -2.36. The molecule has 0 amide bonds. The van der Waals surface area contributed by atoms with Gasteiger partial charge in [0.25, 0.3) is 0 Å².